The lowest BCUT2D eigenvalue weighted by Crippen LogP contribution is -2.35. The molecule has 1 aliphatic heterocycles. The highest BCUT2D eigenvalue weighted by Crippen LogP contribution is 2.25. The summed E-state index contributed by atoms with van der Waals surface area (Å²) in [7, 11) is 0. The lowest BCUT2D eigenvalue weighted by molar-refractivity contribution is 0.0735. The van der Waals surface area contributed by atoms with Gasteiger partial charge in [0.15, 0.2) is 0 Å². The third-order valence-corrected chi connectivity index (χ3v) is 5.22. The van der Waals surface area contributed by atoms with Gasteiger partial charge in [-0.3, -0.25) is 4.79 Å². The monoisotopic (exact) mass is 323 g/mol. The second kappa shape index (κ2) is 6.01. The van der Waals surface area contributed by atoms with Gasteiger partial charge in [-0.1, -0.05) is 12.1 Å². The molecule has 0 spiro atoms. The van der Waals surface area contributed by atoms with Gasteiger partial charge in [-0.2, -0.15) is 0 Å². The number of nitrogens with zero attached hydrogens (tertiary/aromatic N) is 3. The zero-order valence-electron chi connectivity index (χ0n) is 12.7. The van der Waals surface area contributed by atoms with Gasteiger partial charge in [0.25, 0.3) is 5.91 Å². The predicted molar refractivity (Wildman–Crippen MR) is 90.5 cm³/mol. The molecule has 116 valence electrons. The predicted octanol–water partition coefficient (Wildman–Crippen LogP) is 3.19. The first-order chi connectivity index (χ1) is 11.3. The maximum Gasteiger partial charge on any atom is 0.254 e. The lowest BCUT2D eigenvalue weighted by atomic mass is 10.1. The fourth-order valence-electron chi connectivity index (χ4n) is 3.00. The molecule has 3 aromatic rings. The normalized spacial score (nSPS) is 13.8. The summed E-state index contributed by atoms with van der Waals surface area (Å²) in [5.74, 6) is 0.120. The van der Waals surface area contributed by atoms with Crippen molar-refractivity contribution in [2.24, 2.45) is 0 Å². The van der Waals surface area contributed by atoms with Crippen LogP contribution in [-0.4, -0.2) is 26.9 Å². The number of carbonyl (C=O) groups excluding carboxylic acids is 1. The molecule has 0 fully saturated rings. The van der Waals surface area contributed by atoms with E-state index in [1.54, 1.807) is 23.9 Å². The minimum Gasteiger partial charge on any atom is -0.334 e. The zero-order valence-corrected chi connectivity index (χ0v) is 13.5. The molecule has 1 aliphatic rings. The Labute approximate surface area is 139 Å². The van der Waals surface area contributed by atoms with Crippen molar-refractivity contribution in [3.63, 3.8) is 0 Å². The SMILES string of the molecule is O=C(c1cccc(Cn2ccnc2)c1)N1CCc2sccc2C1. The maximum absolute atomic E-state index is 12.8. The molecule has 0 saturated heterocycles. The highest BCUT2D eigenvalue weighted by molar-refractivity contribution is 7.10. The van der Waals surface area contributed by atoms with E-state index in [1.807, 2.05) is 39.9 Å². The van der Waals surface area contributed by atoms with Gasteiger partial charge < -0.3 is 9.47 Å². The summed E-state index contributed by atoms with van der Waals surface area (Å²) in [5, 5.41) is 2.12. The maximum atomic E-state index is 12.8. The van der Waals surface area contributed by atoms with Gasteiger partial charge in [-0.05, 0) is 41.1 Å². The van der Waals surface area contributed by atoms with Crippen LogP contribution in [0.25, 0.3) is 0 Å². The van der Waals surface area contributed by atoms with Crippen LogP contribution >= 0.6 is 11.3 Å². The number of fused-ring (bicyclic) bond motifs is 1. The van der Waals surface area contributed by atoms with E-state index in [0.29, 0.717) is 0 Å². The van der Waals surface area contributed by atoms with Crippen LogP contribution in [0.1, 0.15) is 26.4 Å². The van der Waals surface area contributed by atoms with Crippen molar-refractivity contribution in [2.75, 3.05) is 6.54 Å². The molecule has 1 aromatic carbocycles. The molecule has 1 amide bonds. The number of carbonyl (C=O) groups is 1. The molecular weight excluding hydrogens is 306 g/mol. The highest BCUT2D eigenvalue weighted by Gasteiger charge is 2.22. The van der Waals surface area contributed by atoms with E-state index in [4.69, 9.17) is 0 Å². The molecule has 3 heterocycles. The number of amides is 1. The summed E-state index contributed by atoms with van der Waals surface area (Å²) >= 11 is 1.79. The number of benzene rings is 1. The van der Waals surface area contributed by atoms with Gasteiger partial charge in [-0.25, -0.2) is 4.98 Å². The van der Waals surface area contributed by atoms with Crippen LogP contribution < -0.4 is 0 Å². The fraction of sp³-hybridized carbons (Fsp3) is 0.222. The molecule has 4 rings (SSSR count). The van der Waals surface area contributed by atoms with Gasteiger partial charge in [0.2, 0.25) is 0 Å². The largest absolute Gasteiger partial charge is 0.334 e. The Bertz CT molecular complexity index is 822. The molecule has 2 aromatic heterocycles. The van der Waals surface area contributed by atoms with E-state index >= 15 is 0 Å². The number of rotatable bonds is 3. The molecule has 23 heavy (non-hydrogen) atoms. The zero-order chi connectivity index (χ0) is 15.6. The summed E-state index contributed by atoms with van der Waals surface area (Å²) < 4.78 is 2.00. The molecule has 0 bridgehead atoms. The van der Waals surface area contributed by atoms with Crippen LogP contribution in [0.15, 0.2) is 54.4 Å². The number of hydrogen-bond acceptors (Lipinski definition) is 3. The first-order valence-electron chi connectivity index (χ1n) is 7.69. The number of aromatic nitrogens is 2. The Kier molecular flexibility index (Phi) is 3.71. The minimum absolute atomic E-state index is 0.120. The van der Waals surface area contributed by atoms with E-state index in [2.05, 4.69) is 16.4 Å². The Morgan fingerprint density at radius 1 is 1.30 bits per heavy atom. The molecular formula is C18H17N3OS. The van der Waals surface area contributed by atoms with E-state index in [9.17, 15) is 4.79 Å². The van der Waals surface area contributed by atoms with Crippen molar-refractivity contribution in [1.29, 1.82) is 0 Å². The summed E-state index contributed by atoms with van der Waals surface area (Å²) in [6, 6.07) is 10.0. The topological polar surface area (TPSA) is 38.1 Å². The third-order valence-electron chi connectivity index (χ3n) is 4.19. The van der Waals surface area contributed by atoms with Crippen LogP contribution in [-0.2, 0) is 19.5 Å². The smallest absolute Gasteiger partial charge is 0.254 e. The minimum atomic E-state index is 0.120. The van der Waals surface area contributed by atoms with Crippen molar-refractivity contribution in [1.82, 2.24) is 14.5 Å². The molecule has 0 atom stereocenters. The standard InChI is InChI=1S/C18H17N3OS/c22-18(21-7-4-17-16(12-21)5-9-23-17)15-3-1-2-14(10-15)11-20-8-6-19-13-20/h1-3,5-6,8-10,13H,4,7,11-12H2. The Morgan fingerprint density at radius 3 is 3.13 bits per heavy atom. The number of hydrogen-bond donors (Lipinski definition) is 0. The molecule has 0 unspecified atom stereocenters. The van der Waals surface area contributed by atoms with Gasteiger partial charge in [0.1, 0.15) is 0 Å². The first-order valence-corrected chi connectivity index (χ1v) is 8.57. The molecule has 0 radical (unpaired) electrons. The summed E-state index contributed by atoms with van der Waals surface area (Å²) in [6.07, 6.45) is 6.45. The van der Waals surface area contributed by atoms with Crippen LogP contribution in [0, 0.1) is 0 Å². The van der Waals surface area contributed by atoms with E-state index in [0.717, 1.165) is 37.2 Å². The molecule has 0 N–H and O–H groups in total. The second-order valence-corrected chi connectivity index (χ2v) is 6.78. The van der Waals surface area contributed by atoms with Crippen LogP contribution in [0.4, 0.5) is 0 Å². The molecule has 4 nitrogen and oxygen atoms in total. The van der Waals surface area contributed by atoms with Gasteiger partial charge in [0.05, 0.1) is 6.33 Å². The van der Waals surface area contributed by atoms with E-state index in [-0.39, 0.29) is 5.91 Å². The van der Waals surface area contributed by atoms with Crippen LogP contribution in [0.2, 0.25) is 0 Å². The number of imidazole rings is 1. The van der Waals surface area contributed by atoms with Crippen molar-refractivity contribution in [3.05, 3.63) is 76.0 Å². The van der Waals surface area contributed by atoms with Crippen molar-refractivity contribution in [3.8, 4) is 0 Å². The van der Waals surface area contributed by atoms with E-state index < -0.39 is 0 Å². The first kappa shape index (κ1) is 14.2. The van der Waals surface area contributed by atoms with Crippen molar-refractivity contribution < 1.29 is 4.79 Å². The van der Waals surface area contributed by atoms with Gasteiger partial charge in [-0.15, -0.1) is 11.3 Å². The fourth-order valence-corrected chi connectivity index (χ4v) is 3.89. The van der Waals surface area contributed by atoms with Crippen molar-refractivity contribution >= 4 is 17.2 Å². The Hall–Kier alpha value is -2.40. The average molecular weight is 323 g/mol. The molecule has 5 heteroatoms. The van der Waals surface area contributed by atoms with E-state index in [1.165, 1.54) is 10.4 Å². The second-order valence-electron chi connectivity index (χ2n) is 5.78. The van der Waals surface area contributed by atoms with Gasteiger partial charge >= 0.3 is 0 Å². The summed E-state index contributed by atoms with van der Waals surface area (Å²) in [6.45, 7) is 2.26. The average Bonchev–Trinajstić information content (AvgIpc) is 3.25. The Morgan fingerprint density at radius 2 is 2.26 bits per heavy atom. The van der Waals surface area contributed by atoms with Crippen LogP contribution in [0.3, 0.4) is 0 Å². The van der Waals surface area contributed by atoms with Gasteiger partial charge in [0, 0.05) is 42.5 Å². The Balaban J connectivity index is 1.52. The van der Waals surface area contributed by atoms with Crippen LogP contribution in [0.5, 0.6) is 0 Å². The lowest BCUT2D eigenvalue weighted by Gasteiger charge is -2.27. The summed E-state index contributed by atoms with van der Waals surface area (Å²) in [4.78, 5) is 20.2. The number of thiophene rings is 1. The van der Waals surface area contributed by atoms with Crippen molar-refractivity contribution in [2.45, 2.75) is 19.5 Å². The highest BCUT2D eigenvalue weighted by atomic mass is 32.1. The molecule has 0 saturated carbocycles. The molecule has 0 aliphatic carbocycles. The summed E-state index contributed by atoms with van der Waals surface area (Å²) in [5.41, 5.74) is 3.17. The quantitative estimate of drug-likeness (QED) is 0.742. The third kappa shape index (κ3) is 2.92.